The molecule has 2 aromatic rings. The minimum absolute atomic E-state index is 0.148. The first kappa shape index (κ1) is 12.5. The van der Waals surface area contributed by atoms with E-state index in [2.05, 4.69) is 6.58 Å². The van der Waals surface area contributed by atoms with Gasteiger partial charge in [-0.2, -0.15) is 0 Å². The van der Waals surface area contributed by atoms with Gasteiger partial charge in [-0.3, -0.25) is 0 Å². The van der Waals surface area contributed by atoms with E-state index < -0.39 is 0 Å². The molecule has 0 aliphatic heterocycles. The highest BCUT2D eigenvalue weighted by molar-refractivity contribution is 6.30. The first-order chi connectivity index (χ1) is 8.61. The van der Waals surface area contributed by atoms with Crippen molar-refractivity contribution in [3.63, 3.8) is 0 Å². The maximum Gasteiger partial charge on any atom is 0.127 e. The van der Waals surface area contributed by atoms with Crippen LogP contribution in [0.4, 0.5) is 0 Å². The van der Waals surface area contributed by atoms with E-state index in [9.17, 15) is 5.11 Å². The fraction of sp³-hybridized carbons (Fsp3) is 0.0667. The monoisotopic (exact) mass is 260 g/mol. The predicted octanol–water partition coefficient (Wildman–Crippen LogP) is 4.12. The predicted molar refractivity (Wildman–Crippen MR) is 74.2 cm³/mol. The summed E-state index contributed by atoms with van der Waals surface area (Å²) in [5.74, 6) is 0.759. The molecule has 0 heterocycles. The number of ether oxygens (including phenoxy) is 1. The highest BCUT2D eigenvalue weighted by Gasteiger charge is 2.08. The van der Waals surface area contributed by atoms with Crippen molar-refractivity contribution in [2.45, 2.75) is 0 Å². The van der Waals surface area contributed by atoms with E-state index in [1.54, 1.807) is 37.4 Å². The van der Waals surface area contributed by atoms with Gasteiger partial charge in [0, 0.05) is 16.7 Å². The second-order valence-electron chi connectivity index (χ2n) is 3.87. The van der Waals surface area contributed by atoms with Crippen LogP contribution in [0.15, 0.2) is 49.0 Å². The molecule has 3 heteroatoms. The summed E-state index contributed by atoms with van der Waals surface area (Å²) in [4.78, 5) is 0. The lowest BCUT2D eigenvalue weighted by Gasteiger charge is -2.10. The van der Waals surface area contributed by atoms with Crippen LogP contribution in [0, 0.1) is 0 Å². The molecule has 18 heavy (non-hydrogen) atoms. The van der Waals surface area contributed by atoms with Crippen LogP contribution in [-0.4, -0.2) is 12.2 Å². The molecule has 1 N–H and O–H groups in total. The number of methoxy groups -OCH3 is 1. The van der Waals surface area contributed by atoms with Gasteiger partial charge in [-0.25, -0.2) is 0 Å². The van der Waals surface area contributed by atoms with Gasteiger partial charge in [0.15, 0.2) is 0 Å². The molecule has 0 radical (unpaired) electrons. The zero-order valence-corrected chi connectivity index (χ0v) is 10.7. The topological polar surface area (TPSA) is 29.5 Å². The highest BCUT2D eigenvalue weighted by Crippen LogP contribution is 2.32. The standard InChI is InChI=1S/C15H13ClO2/c1-10(11-3-5-12(16)6-4-11)14-8-7-13(18-2)9-15(14)17/h3-9,17H,1H2,2H3. The smallest absolute Gasteiger partial charge is 0.127 e. The summed E-state index contributed by atoms with van der Waals surface area (Å²) in [5.41, 5.74) is 2.34. The van der Waals surface area contributed by atoms with Gasteiger partial charge >= 0.3 is 0 Å². The molecule has 0 amide bonds. The van der Waals surface area contributed by atoms with Gasteiger partial charge in [-0.05, 0) is 35.4 Å². The molecule has 92 valence electrons. The Labute approximate surface area is 111 Å². The first-order valence-electron chi connectivity index (χ1n) is 5.44. The summed E-state index contributed by atoms with van der Waals surface area (Å²) in [7, 11) is 1.56. The molecule has 0 bridgehead atoms. The number of rotatable bonds is 3. The second kappa shape index (κ2) is 5.15. The Morgan fingerprint density at radius 1 is 1.17 bits per heavy atom. The number of benzene rings is 2. The van der Waals surface area contributed by atoms with Crippen molar-refractivity contribution < 1.29 is 9.84 Å². The molecule has 0 saturated heterocycles. The number of aromatic hydroxyl groups is 1. The van der Waals surface area contributed by atoms with E-state index in [4.69, 9.17) is 16.3 Å². The SMILES string of the molecule is C=C(c1ccc(Cl)cc1)c1ccc(OC)cc1O. The third-order valence-electron chi connectivity index (χ3n) is 2.72. The number of halogens is 1. The molecule has 0 unspecified atom stereocenters. The Kier molecular flexibility index (Phi) is 3.58. The molecule has 0 spiro atoms. The molecule has 0 aliphatic rings. The molecule has 0 fully saturated rings. The lowest BCUT2D eigenvalue weighted by Crippen LogP contribution is -1.89. The summed E-state index contributed by atoms with van der Waals surface area (Å²) < 4.78 is 5.04. The van der Waals surface area contributed by atoms with Crippen molar-refractivity contribution in [2.24, 2.45) is 0 Å². The van der Waals surface area contributed by atoms with Crippen LogP contribution < -0.4 is 4.74 Å². The van der Waals surface area contributed by atoms with E-state index in [0.29, 0.717) is 16.3 Å². The van der Waals surface area contributed by atoms with Gasteiger partial charge in [-0.15, -0.1) is 0 Å². The van der Waals surface area contributed by atoms with Gasteiger partial charge < -0.3 is 9.84 Å². The molecular weight excluding hydrogens is 248 g/mol. The highest BCUT2D eigenvalue weighted by atomic mass is 35.5. The molecule has 0 aromatic heterocycles. The van der Waals surface area contributed by atoms with E-state index in [1.807, 2.05) is 12.1 Å². The fourth-order valence-corrected chi connectivity index (χ4v) is 1.83. The Morgan fingerprint density at radius 3 is 2.39 bits per heavy atom. The van der Waals surface area contributed by atoms with Crippen LogP contribution >= 0.6 is 11.6 Å². The minimum atomic E-state index is 0.148. The van der Waals surface area contributed by atoms with Gasteiger partial charge in [-0.1, -0.05) is 30.3 Å². The van der Waals surface area contributed by atoms with Gasteiger partial charge in [0.25, 0.3) is 0 Å². The average Bonchev–Trinajstić information content (AvgIpc) is 2.38. The summed E-state index contributed by atoms with van der Waals surface area (Å²) in [5, 5.41) is 10.6. The number of hydrogen-bond donors (Lipinski definition) is 1. The van der Waals surface area contributed by atoms with Crippen molar-refractivity contribution in [1.29, 1.82) is 0 Å². The molecule has 2 rings (SSSR count). The summed E-state index contributed by atoms with van der Waals surface area (Å²) in [6.45, 7) is 4.00. The van der Waals surface area contributed by atoms with Gasteiger partial charge in [0.2, 0.25) is 0 Å². The van der Waals surface area contributed by atoms with Gasteiger partial charge in [0.05, 0.1) is 7.11 Å². The van der Waals surface area contributed by atoms with Gasteiger partial charge in [0.1, 0.15) is 11.5 Å². The molecule has 0 atom stereocenters. The zero-order valence-electron chi connectivity index (χ0n) is 9.98. The number of phenolic OH excluding ortho intramolecular Hbond substituents is 1. The summed E-state index contributed by atoms with van der Waals surface area (Å²) in [6.07, 6.45) is 0. The van der Waals surface area contributed by atoms with Crippen LogP contribution in [0.3, 0.4) is 0 Å². The maximum atomic E-state index is 9.94. The quantitative estimate of drug-likeness (QED) is 0.900. The number of hydrogen-bond acceptors (Lipinski definition) is 2. The van der Waals surface area contributed by atoms with E-state index in [1.165, 1.54) is 0 Å². The Morgan fingerprint density at radius 2 is 1.83 bits per heavy atom. The Bertz CT molecular complexity index is 574. The first-order valence-corrected chi connectivity index (χ1v) is 5.82. The lowest BCUT2D eigenvalue weighted by molar-refractivity contribution is 0.407. The summed E-state index contributed by atoms with van der Waals surface area (Å²) >= 11 is 5.84. The van der Waals surface area contributed by atoms with Crippen molar-refractivity contribution >= 4 is 17.2 Å². The van der Waals surface area contributed by atoms with Crippen molar-refractivity contribution in [1.82, 2.24) is 0 Å². The van der Waals surface area contributed by atoms with E-state index in [-0.39, 0.29) is 5.75 Å². The summed E-state index contributed by atoms with van der Waals surface area (Å²) in [6, 6.07) is 12.5. The Balaban J connectivity index is 2.37. The minimum Gasteiger partial charge on any atom is -0.507 e. The molecule has 0 saturated carbocycles. The maximum absolute atomic E-state index is 9.94. The van der Waals surface area contributed by atoms with E-state index in [0.717, 1.165) is 11.1 Å². The lowest BCUT2D eigenvalue weighted by atomic mass is 9.99. The largest absolute Gasteiger partial charge is 0.507 e. The normalized spacial score (nSPS) is 10.1. The molecule has 2 aromatic carbocycles. The van der Waals surface area contributed by atoms with Crippen LogP contribution in [0.2, 0.25) is 5.02 Å². The van der Waals surface area contributed by atoms with Crippen LogP contribution in [0.5, 0.6) is 11.5 Å². The number of phenols is 1. The fourth-order valence-electron chi connectivity index (χ4n) is 1.70. The van der Waals surface area contributed by atoms with Crippen LogP contribution in [-0.2, 0) is 0 Å². The van der Waals surface area contributed by atoms with Crippen LogP contribution in [0.25, 0.3) is 5.57 Å². The van der Waals surface area contributed by atoms with Crippen molar-refractivity contribution in [3.8, 4) is 11.5 Å². The average molecular weight is 261 g/mol. The third kappa shape index (κ3) is 2.49. The second-order valence-corrected chi connectivity index (χ2v) is 4.30. The van der Waals surface area contributed by atoms with Crippen molar-refractivity contribution in [3.05, 3.63) is 65.2 Å². The molecular formula is C15H13ClO2. The van der Waals surface area contributed by atoms with Crippen molar-refractivity contribution in [2.75, 3.05) is 7.11 Å². The van der Waals surface area contributed by atoms with Crippen LogP contribution in [0.1, 0.15) is 11.1 Å². The molecule has 2 nitrogen and oxygen atoms in total. The third-order valence-corrected chi connectivity index (χ3v) is 2.97. The van der Waals surface area contributed by atoms with E-state index >= 15 is 0 Å². The zero-order chi connectivity index (χ0) is 13.1. The Hall–Kier alpha value is -1.93. The molecule has 0 aliphatic carbocycles.